The maximum absolute atomic E-state index is 11.4. The fourth-order valence-corrected chi connectivity index (χ4v) is 2.66. The Labute approximate surface area is 149 Å². The molecule has 1 aromatic rings. The fraction of sp³-hybridized carbons (Fsp3) is 0.450. The summed E-state index contributed by atoms with van der Waals surface area (Å²) in [5.74, 6) is -0.962. The average molecular weight is 345 g/mol. The number of non-ortho nitro benzene ring substituents is 1. The second kappa shape index (κ2) is 12.0. The van der Waals surface area contributed by atoms with Gasteiger partial charge >= 0.3 is 5.97 Å². The molecule has 0 aliphatic rings. The smallest absolute Gasteiger partial charge is 0.331 e. The van der Waals surface area contributed by atoms with Crippen LogP contribution in [0.2, 0.25) is 0 Å². The molecule has 0 heterocycles. The van der Waals surface area contributed by atoms with Crippen molar-refractivity contribution >= 4 is 17.7 Å². The minimum absolute atomic E-state index is 0.0325. The maximum Gasteiger partial charge on any atom is 0.331 e. The highest BCUT2D eigenvalue weighted by molar-refractivity contribution is 5.92. The van der Waals surface area contributed by atoms with Crippen LogP contribution in [0.1, 0.15) is 63.4 Å². The second-order valence-electron chi connectivity index (χ2n) is 6.13. The summed E-state index contributed by atoms with van der Waals surface area (Å²) in [6.07, 6.45) is 12.8. The van der Waals surface area contributed by atoms with E-state index in [-0.39, 0.29) is 5.69 Å². The molecular weight excluding hydrogens is 318 g/mol. The predicted octanol–water partition coefficient (Wildman–Crippen LogP) is 5.76. The van der Waals surface area contributed by atoms with Gasteiger partial charge in [-0.3, -0.25) is 10.1 Å². The highest BCUT2D eigenvalue weighted by Crippen LogP contribution is 2.19. The summed E-state index contributed by atoms with van der Waals surface area (Å²) in [6.45, 7) is 3.71. The van der Waals surface area contributed by atoms with Crippen LogP contribution >= 0.6 is 0 Å². The first kappa shape index (κ1) is 20.6. The lowest BCUT2D eigenvalue weighted by molar-refractivity contribution is -0.384. The first-order chi connectivity index (χ1) is 12.0. The number of unbranched alkanes of at least 4 members (excludes halogenated alkanes) is 7. The number of rotatable bonds is 13. The van der Waals surface area contributed by atoms with Crippen LogP contribution in [0.5, 0.6) is 0 Å². The second-order valence-corrected chi connectivity index (χ2v) is 6.13. The molecule has 0 saturated heterocycles. The van der Waals surface area contributed by atoms with Crippen molar-refractivity contribution in [3.8, 4) is 0 Å². The Hall–Kier alpha value is -2.43. The maximum atomic E-state index is 11.4. The van der Waals surface area contributed by atoms with E-state index in [2.05, 4.69) is 6.58 Å². The van der Waals surface area contributed by atoms with Gasteiger partial charge in [-0.05, 0) is 37.3 Å². The van der Waals surface area contributed by atoms with Crippen LogP contribution in [-0.4, -0.2) is 16.0 Å². The molecule has 0 aromatic heterocycles. The van der Waals surface area contributed by atoms with Crippen molar-refractivity contribution in [3.63, 3.8) is 0 Å². The first-order valence-corrected chi connectivity index (χ1v) is 8.84. The molecule has 5 nitrogen and oxygen atoms in total. The molecule has 0 atom stereocenters. The van der Waals surface area contributed by atoms with Crippen molar-refractivity contribution in [2.75, 3.05) is 0 Å². The Morgan fingerprint density at radius 1 is 1.12 bits per heavy atom. The molecule has 0 aliphatic heterocycles. The highest BCUT2D eigenvalue weighted by atomic mass is 16.6. The lowest BCUT2D eigenvalue weighted by atomic mass is 10.0. The zero-order chi connectivity index (χ0) is 18.5. The third-order valence-electron chi connectivity index (χ3n) is 4.05. The van der Waals surface area contributed by atoms with Gasteiger partial charge in [0.1, 0.15) is 0 Å². The number of benzene rings is 1. The Bertz CT molecular complexity index is 607. The Kier molecular flexibility index (Phi) is 9.90. The minimum Gasteiger partial charge on any atom is -0.478 e. The first-order valence-electron chi connectivity index (χ1n) is 8.84. The van der Waals surface area contributed by atoms with Crippen molar-refractivity contribution in [2.45, 2.75) is 57.8 Å². The summed E-state index contributed by atoms with van der Waals surface area (Å²) >= 11 is 0. The molecule has 0 bridgehead atoms. The van der Waals surface area contributed by atoms with Gasteiger partial charge < -0.3 is 5.11 Å². The monoisotopic (exact) mass is 345 g/mol. The van der Waals surface area contributed by atoms with Crippen LogP contribution in [-0.2, 0) is 4.79 Å². The van der Waals surface area contributed by atoms with Gasteiger partial charge in [-0.15, -0.1) is 6.58 Å². The lowest BCUT2D eigenvalue weighted by Gasteiger charge is -2.04. The van der Waals surface area contributed by atoms with E-state index >= 15 is 0 Å². The van der Waals surface area contributed by atoms with Crippen molar-refractivity contribution in [3.05, 3.63) is 58.2 Å². The third-order valence-corrected chi connectivity index (χ3v) is 4.05. The molecular formula is C20H27NO4. The number of carbonyl (C=O) groups is 1. The largest absolute Gasteiger partial charge is 0.478 e. The van der Waals surface area contributed by atoms with Crippen LogP contribution in [0.15, 0.2) is 42.5 Å². The zero-order valence-corrected chi connectivity index (χ0v) is 14.7. The number of nitrogens with zero attached hydrogens (tertiary/aromatic N) is 1. The van der Waals surface area contributed by atoms with Gasteiger partial charge in [0.25, 0.3) is 5.69 Å². The normalized spacial score (nSPS) is 11.3. The van der Waals surface area contributed by atoms with E-state index in [9.17, 15) is 20.0 Å². The van der Waals surface area contributed by atoms with Crippen LogP contribution in [0.3, 0.4) is 0 Å². The molecule has 0 spiro atoms. The van der Waals surface area contributed by atoms with E-state index in [0.717, 1.165) is 25.7 Å². The quantitative estimate of drug-likeness (QED) is 0.162. The Balaban J connectivity index is 2.42. The number of hydrogen-bond acceptors (Lipinski definition) is 3. The zero-order valence-electron chi connectivity index (χ0n) is 14.7. The molecule has 0 amide bonds. The summed E-state index contributed by atoms with van der Waals surface area (Å²) in [7, 11) is 0. The van der Waals surface area contributed by atoms with Gasteiger partial charge in [0.15, 0.2) is 0 Å². The molecule has 25 heavy (non-hydrogen) atoms. The van der Waals surface area contributed by atoms with E-state index in [4.69, 9.17) is 0 Å². The Morgan fingerprint density at radius 2 is 1.76 bits per heavy atom. The van der Waals surface area contributed by atoms with Crippen molar-refractivity contribution in [2.24, 2.45) is 0 Å². The third kappa shape index (κ3) is 8.84. The molecule has 0 unspecified atom stereocenters. The summed E-state index contributed by atoms with van der Waals surface area (Å²) in [6, 6.07) is 6.04. The van der Waals surface area contributed by atoms with E-state index < -0.39 is 10.9 Å². The van der Waals surface area contributed by atoms with E-state index in [0.29, 0.717) is 17.6 Å². The SMILES string of the molecule is C=CCCCCCCCCC/C(=C/c1cccc([N+](=O)[O-])c1)C(=O)O. The molecule has 136 valence electrons. The molecule has 0 aliphatic carbocycles. The topological polar surface area (TPSA) is 80.4 Å². The molecule has 0 fully saturated rings. The highest BCUT2D eigenvalue weighted by Gasteiger charge is 2.09. The molecule has 5 heteroatoms. The van der Waals surface area contributed by atoms with Crippen LogP contribution in [0.4, 0.5) is 5.69 Å². The fourth-order valence-electron chi connectivity index (χ4n) is 2.66. The van der Waals surface area contributed by atoms with E-state index in [1.807, 2.05) is 6.08 Å². The van der Waals surface area contributed by atoms with Gasteiger partial charge in [-0.2, -0.15) is 0 Å². The standard InChI is InChI=1S/C20H27NO4/c1-2-3-4-5-6-7-8-9-10-13-18(20(22)23)15-17-12-11-14-19(16-17)21(24)25/h2,11-12,14-16H,1,3-10,13H2,(H,22,23)/b18-15-. The summed E-state index contributed by atoms with van der Waals surface area (Å²) < 4.78 is 0. The van der Waals surface area contributed by atoms with Crippen LogP contribution in [0.25, 0.3) is 6.08 Å². The molecule has 0 radical (unpaired) electrons. The van der Waals surface area contributed by atoms with Gasteiger partial charge in [-0.25, -0.2) is 4.79 Å². The van der Waals surface area contributed by atoms with Crippen molar-refractivity contribution in [1.82, 2.24) is 0 Å². The molecule has 1 rings (SSSR count). The van der Waals surface area contributed by atoms with Crippen molar-refractivity contribution in [1.29, 1.82) is 0 Å². The minimum atomic E-state index is -0.962. The van der Waals surface area contributed by atoms with Gasteiger partial charge in [-0.1, -0.05) is 50.3 Å². The van der Waals surface area contributed by atoms with Crippen molar-refractivity contribution < 1.29 is 14.8 Å². The number of nitro benzene ring substituents is 1. The number of carboxylic acid groups (broad SMARTS) is 1. The van der Waals surface area contributed by atoms with Gasteiger partial charge in [0.2, 0.25) is 0 Å². The predicted molar refractivity (Wildman–Crippen MR) is 100 cm³/mol. The Morgan fingerprint density at radius 3 is 2.36 bits per heavy atom. The van der Waals surface area contributed by atoms with Crippen LogP contribution in [0, 0.1) is 10.1 Å². The number of carboxylic acids is 1. The average Bonchev–Trinajstić information content (AvgIpc) is 2.59. The van der Waals surface area contributed by atoms with Gasteiger partial charge in [0.05, 0.1) is 4.92 Å². The number of aliphatic carboxylic acids is 1. The summed E-state index contributed by atoms with van der Waals surface area (Å²) in [5, 5.41) is 20.1. The molecule has 1 aromatic carbocycles. The number of nitro groups is 1. The van der Waals surface area contributed by atoms with E-state index in [1.165, 1.54) is 43.9 Å². The summed E-state index contributed by atoms with van der Waals surface area (Å²) in [4.78, 5) is 21.7. The lowest BCUT2D eigenvalue weighted by Crippen LogP contribution is -2.00. The molecule has 1 N–H and O–H groups in total. The number of allylic oxidation sites excluding steroid dienone is 1. The molecule has 0 saturated carbocycles. The number of hydrogen-bond donors (Lipinski definition) is 1. The summed E-state index contributed by atoms with van der Waals surface area (Å²) in [5.41, 5.74) is 0.815. The van der Waals surface area contributed by atoms with E-state index in [1.54, 1.807) is 12.1 Å². The van der Waals surface area contributed by atoms with Gasteiger partial charge in [0, 0.05) is 17.7 Å². The van der Waals surface area contributed by atoms with Crippen LogP contribution < -0.4 is 0 Å².